The molecule has 5 N–H and O–H groups in total. The van der Waals surface area contributed by atoms with Gasteiger partial charge in [0.25, 0.3) is 0 Å². The van der Waals surface area contributed by atoms with Crippen LogP contribution in [0.2, 0.25) is 0 Å². The van der Waals surface area contributed by atoms with Crippen LogP contribution >= 0.6 is 0 Å². The summed E-state index contributed by atoms with van der Waals surface area (Å²) >= 11 is 0. The van der Waals surface area contributed by atoms with Gasteiger partial charge in [-0.1, -0.05) is 24.3 Å². The SMILES string of the molecule is NS(=O)(=O)c1cccc(Nc2nccc(NCC(O)c3ccccc3C(F)(F)F)n2)c1. The van der Waals surface area contributed by atoms with Gasteiger partial charge in [-0.25, -0.2) is 18.5 Å². The summed E-state index contributed by atoms with van der Waals surface area (Å²) in [7, 11) is -3.89. The zero-order valence-electron chi connectivity index (χ0n) is 15.8. The lowest BCUT2D eigenvalue weighted by molar-refractivity contribution is -0.139. The predicted molar refractivity (Wildman–Crippen MR) is 108 cm³/mol. The van der Waals surface area contributed by atoms with Gasteiger partial charge in [-0.3, -0.25) is 0 Å². The first-order chi connectivity index (χ1) is 14.5. The number of sulfonamides is 1. The van der Waals surface area contributed by atoms with Gasteiger partial charge >= 0.3 is 6.18 Å². The zero-order valence-corrected chi connectivity index (χ0v) is 16.7. The number of nitrogens with zero attached hydrogens (tertiary/aromatic N) is 2. The summed E-state index contributed by atoms with van der Waals surface area (Å²) in [5, 5.41) is 20.9. The summed E-state index contributed by atoms with van der Waals surface area (Å²) in [4.78, 5) is 8.05. The number of halogens is 3. The van der Waals surface area contributed by atoms with Crippen molar-refractivity contribution < 1.29 is 26.7 Å². The molecule has 0 spiro atoms. The molecule has 1 aromatic heterocycles. The fraction of sp³-hybridized carbons (Fsp3) is 0.158. The van der Waals surface area contributed by atoms with Crippen LogP contribution in [0, 0.1) is 0 Å². The second-order valence-corrected chi connectivity index (χ2v) is 8.01. The summed E-state index contributed by atoms with van der Waals surface area (Å²) in [5.74, 6) is 0.338. The number of primary sulfonamides is 1. The quantitative estimate of drug-likeness (QED) is 0.433. The maximum Gasteiger partial charge on any atom is 0.416 e. The molecule has 164 valence electrons. The third kappa shape index (κ3) is 5.90. The largest absolute Gasteiger partial charge is 0.416 e. The highest BCUT2D eigenvalue weighted by Crippen LogP contribution is 2.34. The molecule has 2 aromatic carbocycles. The Kier molecular flexibility index (Phi) is 6.43. The van der Waals surface area contributed by atoms with Gasteiger partial charge in [0.15, 0.2) is 0 Å². The van der Waals surface area contributed by atoms with Gasteiger partial charge < -0.3 is 15.7 Å². The van der Waals surface area contributed by atoms with Gasteiger partial charge in [0.1, 0.15) is 5.82 Å². The first kappa shape index (κ1) is 22.5. The summed E-state index contributed by atoms with van der Waals surface area (Å²) in [6.07, 6.45) is -4.64. The molecule has 1 unspecified atom stereocenters. The van der Waals surface area contributed by atoms with E-state index in [1.807, 2.05) is 0 Å². The van der Waals surface area contributed by atoms with Crippen LogP contribution in [0.25, 0.3) is 0 Å². The van der Waals surface area contributed by atoms with E-state index in [-0.39, 0.29) is 28.8 Å². The lowest BCUT2D eigenvalue weighted by atomic mass is 10.0. The molecular weight excluding hydrogens is 435 g/mol. The van der Waals surface area contributed by atoms with Gasteiger partial charge in [-0.2, -0.15) is 18.2 Å². The van der Waals surface area contributed by atoms with Crippen LogP contribution in [-0.2, 0) is 16.2 Å². The van der Waals surface area contributed by atoms with Crippen molar-refractivity contribution in [3.63, 3.8) is 0 Å². The molecule has 3 rings (SSSR count). The van der Waals surface area contributed by atoms with E-state index in [9.17, 15) is 26.7 Å². The minimum Gasteiger partial charge on any atom is -0.387 e. The second kappa shape index (κ2) is 8.88. The van der Waals surface area contributed by atoms with E-state index in [1.54, 1.807) is 6.07 Å². The molecule has 0 aliphatic rings. The molecule has 0 radical (unpaired) electrons. The molecule has 0 aliphatic carbocycles. The molecule has 12 heteroatoms. The lowest BCUT2D eigenvalue weighted by Gasteiger charge is -2.18. The highest BCUT2D eigenvalue weighted by atomic mass is 32.2. The van der Waals surface area contributed by atoms with Crippen molar-refractivity contribution in [1.29, 1.82) is 0 Å². The number of benzene rings is 2. The van der Waals surface area contributed by atoms with Crippen molar-refractivity contribution in [1.82, 2.24) is 9.97 Å². The number of nitrogens with one attached hydrogen (secondary N) is 2. The Morgan fingerprint density at radius 2 is 1.84 bits per heavy atom. The molecule has 0 saturated heterocycles. The van der Waals surface area contributed by atoms with E-state index >= 15 is 0 Å². The number of nitrogens with two attached hydrogens (primary N) is 1. The Morgan fingerprint density at radius 1 is 1.10 bits per heavy atom. The van der Waals surface area contributed by atoms with Crippen molar-refractivity contribution in [3.8, 4) is 0 Å². The first-order valence-corrected chi connectivity index (χ1v) is 10.4. The van der Waals surface area contributed by atoms with E-state index in [0.29, 0.717) is 5.69 Å². The van der Waals surface area contributed by atoms with Crippen molar-refractivity contribution in [2.75, 3.05) is 17.2 Å². The number of aliphatic hydroxyl groups is 1. The summed E-state index contributed by atoms with van der Waals surface area (Å²) < 4.78 is 62.3. The average Bonchev–Trinajstić information content (AvgIpc) is 2.71. The molecule has 0 amide bonds. The fourth-order valence-corrected chi connectivity index (χ4v) is 3.31. The number of alkyl halides is 3. The Balaban J connectivity index is 1.71. The van der Waals surface area contributed by atoms with Crippen LogP contribution in [0.1, 0.15) is 17.2 Å². The Bertz CT molecular complexity index is 1170. The zero-order chi connectivity index (χ0) is 22.6. The number of aliphatic hydroxyl groups excluding tert-OH is 1. The Morgan fingerprint density at radius 3 is 2.55 bits per heavy atom. The minimum absolute atomic E-state index is 0.0988. The van der Waals surface area contributed by atoms with E-state index in [2.05, 4.69) is 20.6 Å². The maximum absolute atomic E-state index is 13.1. The van der Waals surface area contributed by atoms with E-state index in [0.717, 1.165) is 6.07 Å². The highest BCUT2D eigenvalue weighted by Gasteiger charge is 2.34. The van der Waals surface area contributed by atoms with Crippen molar-refractivity contribution in [3.05, 3.63) is 71.9 Å². The molecule has 3 aromatic rings. The van der Waals surface area contributed by atoms with E-state index in [1.165, 1.54) is 48.7 Å². The van der Waals surface area contributed by atoms with E-state index < -0.39 is 27.9 Å². The normalized spacial score (nSPS) is 12.9. The van der Waals surface area contributed by atoms with Crippen LogP contribution in [0.15, 0.2) is 65.7 Å². The maximum atomic E-state index is 13.1. The summed E-state index contributed by atoms with van der Waals surface area (Å²) in [5.41, 5.74) is -0.804. The summed E-state index contributed by atoms with van der Waals surface area (Å²) in [6.45, 7) is -0.232. The average molecular weight is 453 g/mol. The van der Waals surface area contributed by atoms with E-state index in [4.69, 9.17) is 5.14 Å². The van der Waals surface area contributed by atoms with Crippen LogP contribution in [0.4, 0.5) is 30.6 Å². The fourth-order valence-electron chi connectivity index (χ4n) is 2.75. The van der Waals surface area contributed by atoms with Crippen LogP contribution in [0.3, 0.4) is 0 Å². The lowest BCUT2D eigenvalue weighted by Crippen LogP contribution is -2.18. The predicted octanol–water partition coefficient (Wildman–Crippen LogP) is 3.03. The molecule has 0 aliphatic heterocycles. The molecule has 0 saturated carbocycles. The number of aromatic nitrogens is 2. The molecule has 8 nitrogen and oxygen atoms in total. The van der Waals surface area contributed by atoms with Crippen LogP contribution in [0.5, 0.6) is 0 Å². The van der Waals surface area contributed by atoms with Crippen molar-refractivity contribution in [2.45, 2.75) is 17.2 Å². The third-order valence-corrected chi connectivity index (χ3v) is 5.09. The van der Waals surface area contributed by atoms with Gasteiger partial charge in [-0.05, 0) is 35.9 Å². The molecule has 0 fully saturated rings. The van der Waals surface area contributed by atoms with Gasteiger partial charge in [0.05, 0.1) is 16.6 Å². The Labute approximate surface area is 176 Å². The topological polar surface area (TPSA) is 130 Å². The number of rotatable bonds is 7. The molecular formula is C19H18F3N5O3S. The minimum atomic E-state index is -4.59. The molecule has 1 heterocycles. The molecule has 31 heavy (non-hydrogen) atoms. The number of anilines is 3. The van der Waals surface area contributed by atoms with Gasteiger partial charge in [-0.15, -0.1) is 0 Å². The molecule has 1 atom stereocenters. The van der Waals surface area contributed by atoms with Crippen molar-refractivity contribution >= 4 is 27.5 Å². The van der Waals surface area contributed by atoms with Crippen molar-refractivity contribution in [2.24, 2.45) is 5.14 Å². The number of hydrogen-bond donors (Lipinski definition) is 4. The Hall–Kier alpha value is -3.22. The standard InChI is InChI=1S/C19H18F3N5O3S/c20-19(21,22)15-7-2-1-6-14(15)16(28)11-25-17-8-9-24-18(27-17)26-12-4-3-5-13(10-12)31(23,29)30/h1-10,16,28H,11H2,(H2,23,29,30)(H2,24,25,26,27). The smallest absolute Gasteiger partial charge is 0.387 e. The second-order valence-electron chi connectivity index (χ2n) is 6.45. The number of hydrogen-bond acceptors (Lipinski definition) is 7. The van der Waals surface area contributed by atoms with Gasteiger partial charge in [0, 0.05) is 18.4 Å². The molecule has 0 bridgehead atoms. The first-order valence-electron chi connectivity index (χ1n) is 8.85. The highest BCUT2D eigenvalue weighted by molar-refractivity contribution is 7.89. The van der Waals surface area contributed by atoms with Gasteiger partial charge in [0.2, 0.25) is 16.0 Å². The summed E-state index contributed by atoms with van der Waals surface area (Å²) in [6, 6.07) is 11.9. The monoisotopic (exact) mass is 453 g/mol. The third-order valence-electron chi connectivity index (χ3n) is 4.18. The van der Waals surface area contributed by atoms with Crippen LogP contribution in [-0.4, -0.2) is 30.0 Å². The van der Waals surface area contributed by atoms with Crippen LogP contribution < -0.4 is 15.8 Å².